The van der Waals surface area contributed by atoms with Crippen molar-refractivity contribution in [2.24, 2.45) is 0 Å². The van der Waals surface area contributed by atoms with Gasteiger partial charge in [-0.15, -0.1) is 0 Å². The number of aromatic amines is 1. The average Bonchev–Trinajstić information content (AvgIpc) is 2.77. The van der Waals surface area contributed by atoms with Crippen molar-refractivity contribution >= 4 is 11.6 Å². The first-order valence-corrected chi connectivity index (χ1v) is 5.78. The van der Waals surface area contributed by atoms with Crippen LogP contribution < -0.4 is 11.1 Å². The zero-order chi connectivity index (χ0) is 13.0. The molecule has 0 saturated heterocycles. The van der Waals surface area contributed by atoms with Crippen LogP contribution in [0.3, 0.4) is 0 Å². The standard InChI is InChI=1S/C13H14N2O3/c1-2-3-12(16)15-10-6-4-9(5-7-10)11-8-14-13(17)18-11/h4-8H,2-3H2,1H3,(H,14,17)(H,15,16). The van der Waals surface area contributed by atoms with E-state index in [-0.39, 0.29) is 5.91 Å². The highest BCUT2D eigenvalue weighted by atomic mass is 16.4. The molecule has 5 nitrogen and oxygen atoms in total. The molecule has 1 aromatic carbocycles. The highest BCUT2D eigenvalue weighted by Crippen LogP contribution is 2.19. The molecule has 0 saturated carbocycles. The van der Waals surface area contributed by atoms with Crippen molar-refractivity contribution in [2.45, 2.75) is 19.8 Å². The molecule has 18 heavy (non-hydrogen) atoms. The quantitative estimate of drug-likeness (QED) is 0.869. The van der Waals surface area contributed by atoms with E-state index in [0.29, 0.717) is 12.2 Å². The number of amides is 1. The van der Waals surface area contributed by atoms with Crippen LogP contribution in [0.4, 0.5) is 5.69 Å². The van der Waals surface area contributed by atoms with Crippen LogP contribution in [0, 0.1) is 0 Å². The predicted molar refractivity (Wildman–Crippen MR) is 68.3 cm³/mol. The minimum Gasteiger partial charge on any atom is -0.408 e. The van der Waals surface area contributed by atoms with Crippen LogP contribution in [-0.4, -0.2) is 10.9 Å². The molecular formula is C13H14N2O3. The van der Waals surface area contributed by atoms with Gasteiger partial charge in [0, 0.05) is 17.7 Å². The van der Waals surface area contributed by atoms with Crippen molar-refractivity contribution in [3.05, 3.63) is 41.0 Å². The third-order valence-corrected chi connectivity index (χ3v) is 2.45. The summed E-state index contributed by atoms with van der Waals surface area (Å²) in [6, 6.07) is 7.12. The number of anilines is 1. The summed E-state index contributed by atoms with van der Waals surface area (Å²) >= 11 is 0. The maximum absolute atomic E-state index is 11.4. The smallest absolute Gasteiger partial charge is 0.408 e. The van der Waals surface area contributed by atoms with Crippen molar-refractivity contribution < 1.29 is 9.21 Å². The minimum atomic E-state index is -0.481. The Morgan fingerprint density at radius 3 is 2.61 bits per heavy atom. The van der Waals surface area contributed by atoms with Crippen LogP contribution in [0.2, 0.25) is 0 Å². The van der Waals surface area contributed by atoms with Gasteiger partial charge in [-0.2, -0.15) is 0 Å². The zero-order valence-corrected chi connectivity index (χ0v) is 10.0. The highest BCUT2D eigenvalue weighted by Gasteiger charge is 2.04. The lowest BCUT2D eigenvalue weighted by Gasteiger charge is -2.04. The molecule has 2 N–H and O–H groups in total. The Bertz CT molecular complexity index is 581. The van der Waals surface area contributed by atoms with Crippen molar-refractivity contribution in [3.63, 3.8) is 0 Å². The fourth-order valence-electron chi connectivity index (χ4n) is 1.59. The predicted octanol–water partition coefficient (Wildman–Crippen LogP) is 2.37. The molecule has 0 unspecified atom stereocenters. The van der Waals surface area contributed by atoms with E-state index in [1.54, 1.807) is 24.3 Å². The molecule has 94 valence electrons. The summed E-state index contributed by atoms with van der Waals surface area (Å²) < 4.78 is 4.93. The van der Waals surface area contributed by atoms with Gasteiger partial charge in [0.05, 0.1) is 6.20 Å². The number of hydrogen-bond donors (Lipinski definition) is 2. The molecule has 2 rings (SSSR count). The number of H-pyrrole nitrogens is 1. The van der Waals surface area contributed by atoms with Crippen LogP contribution in [0.5, 0.6) is 0 Å². The Balaban J connectivity index is 2.10. The molecule has 0 bridgehead atoms. The van der Waals surface area contributed by atoms with Crippen LogP contribution in [-0.2, 0) is 4.79 Å². The topological polar surface area (TPSA) is 75.1 Å². The van der Waals surface area contributed by atoms with Gasteiger partial charge in [-0.05, 0) is 30.7 Å². The van der Waals surface area contributed by atoms with E-state index in [4.69, 9.17) is 4.42 Å². The van der Waals surface area contributed by atoms with Gasteiger partial charge in [-0.3, -0.25) is 9.78 Å². The molecule has 0 aliphatic rings. The molecule has 0 aliphatic carbocycles. The summed E-state index contributed by atoms with van der Waals surface area (Å²) in [5.41, 5.74) is 1.51. The van der Waals surface area contributed by atoms with E-state index in [2.05, 4.69) is 10.3 Å². The van der Waals surface area contributed by atoms with Crippen molar-refractivity contribution in [1.82, 2.24) is 4.98 Å². The second kappa shape index (κ2) is 5.35. The molecule has 1 heterocycles. The molecule has 0 radical (unpaired) electrons. The molecule has 2 aromatic rings. The van der Waals surface area contributed by atoms with Gasteiger partial charge in [-0.25, -0.2) is 4.79 Å². The summed E-state index contributed by atoms with van der Waals surface area (Å²) in [5.74, 6) is -0.00446. The van der Waals surface area contributed by atoms with Gasteiger partial charge in [-0.1, -0.05) is 6.92 Å². The molecule has 0 fully saturated rings. The normalized spacial score (nSPS) is 10.3. The maximum Gasteiger partial charge on any atom is 0.416 e. The summed E-state index contributed by atoms with van der Waals surface area (Å²) in [5, 5.41) is 2.79. The lowest BCUT2D eigenvalue weighted by Crippen LogP contribution is -2.10. The first-order chi connectivity index (χ1) is 8.69. The summed E-state index contributed by atoms with van der Waals surface area (Å²) in [4.78, 5) is 24.7. The average molecular weight is 246 g/mol. The number of benzene rings is 1. The summed E-state index contributed by atoms with van der Waals surface area (Å²) in [6.07, 6.45) is 2.83. The van der Waals surface area contributed by atoms with Gasteiger partial charge in [0.1, 0.15) is 0 Å². The van der Waals surface area contributed by atoms with Gasteiger partial charge >= 0.3 is 5.76 Å². The number of nitrogens with one attached hydrogen (secondary N) is 2. The Morgan fingerprint density at radius 2 is 2.06 bits per heavy atom. The minimum absolute atomic E-state index is 0.00146. The summed E-state index contributed by atoms with van der Waals surface area (Å²) in [7, 11) is 0. The Kier molecular flexibility index (Phi) is 3.62. The van der Waals surface area contributed by atoms with Crippen LogP contribution in [0.15, 0.2) is 39.7 Å². The summed E-state index contributed by atoms with van der Waals surface area (Å²) in [6.45, 7) is 1.95. The molecule has 0 aliphatic heterocycles. The number of oxazole rings is 1. The molecular weight excluding hydrogens is 232 g/mol. The number of carbonyl (C=O) groups is 1. The fraction of sp³-hybridized carbons (Fsp3) is 0.231. The van der Waals surface area contributed by atoms with E-state index in [1.807, 2.05) is 6.92 Å². The van der Waals surface area contributed by atoms with Crippen LogP contribution >= 0.6 is 0 Å². The van der Waals surface area contributed by atoms with Gasteiger partial charge in [0.25, 0.3) is 0 Å². The van der Waals surface area contributed by atoms with E-state index in [9.17, 15) is 9.59 Å². The Hall–Kier alpha value is -2.30. The van der Waals surface area contributed by atoms with Crippen molar-refractivity contribution in [1.29, 1.82) is 0 Å². The van der Waals surface area contributed by atoms with Crippen molar-refractivity contribution in [3.8, 4) is 11.3 Å². The second-order valence-electron chi connectivity index (χ2n) is 3.92. The van der Waals surface area contributed by atoms with Crippen LogP contribution in [0.25, 0.3) is 11.3 Å². The SMILES string of the molecule is CCCC(=O)Nc1ccc(-c2c[nH]c(=O)o2)cc1. The molecule has 1 amide bonds. The van der Waals surface area contributed by atoms with Gasteiger partial charge in [0.15, 0.2) is 5.76 Å². The van der Waals surface area contributed by atoms with Crippen molar-refractivity contribution in [2.75, 3.05) is 5.32 Å². The fourth-order valence-corrected chi connectivity index (χ4v) is 1.59. The van der Waals surface area contributed by atoms with E-state index in [1.165, 1.54) is 6.20 Å². The Labute approximate surface area is 104 Å². The van der Waals surface area contributed by atoms with Gasteiger partial charge in [0.2, 0.25) is 5.91 Å². The van der Waals surface area contributed by atoms with E-state index >= 15 is 0 Å². The first kappa shape index (κ1) is 12.2. The second-order valence-corrected chi connectivity index (χ2v) is 3.92. The molecule has 0 atom stereocenters. The lowest BCUT2D eigenvalue weighted by molar-refractivity contribution is -0.116. The number of carbonyl (C=O) groups excluding carboxylic acids is 1. The number of aromatic nitrogens is 1. The highest BCUT2D eigenvalue weighted by molar-refractivity contribution is 5.90. The third-order valence-electron chi connectivity index (χ3n) is 2.45. The van der Waals surface area contributed by atoms with Gasteiger partial charge < -0.3 is 9.73 Å². The number of hydrogen-bond acceptors (Lipinski definition) is 3. The third kappa shape index (κ3) is 2.88. The Morgan fingerprint density at radius 1 is 1.33 bits per heavy atom. The van der Waals surface area contributed by atoms with Crippen LogP contribution in [0.1, 0.15) is 19.8 Å². The molecule has 0 spiro atoms. The monoisotopic (exact) mass is 246 g/mol. The van der Waals surface area contributed by atoms with E-state index < -0.39 is 5.76 Å². The lowest BCUT2D eigenvalue weighted by atomic mass is 10.1. The largest absolute Gasteiger partial charge is 0.416 e. The first-order valence-electron chi connectivity index (χ1n) is 5.78. The van der Waals surface area contributed by atoms with E-state index in [0.717, 1.165) is 17.7 Å². The molecule has 5 heteroatoms. The maximum atomic E-state index is 11.4. The zero-order valence-electron chi connectivity index (χ0n) is 10.0. The molecule has 1 aromatic heterocycles. The number of rotatable bonds is 4.